The van der Waals surface area contributed by atoms with E-state index in [0.29, 0.717) is 12.4 Å². The number of nitrogen functional groups attached to an aromatic ring is 1. The second-order valence-electron chi connectivity index (χ2n) is 3.99. The number of rotatable bonds is 4. The van der Waals surface area contributed by atoms with Crippen LogP contribution in [-0.4, -0.2) is 19.6 Å². The lowest BCUT2D eigenvalue weighted by molar-refractivity contribution is 0.548. The third-order valence-corrected chi connectivity index (χ3v) is 3.62. The van der Waals surface area contributed by atoms with Crippen molar-refractivity contribution in [3.05, 3.63) is 28.1 Å². The van der Waals surface area contributed by atoms with Crippen LogP contribution in [0.5, 0.6) is 0 Å². The van der Waals surface area contributed by atoms with Crippen molar-refractivity contribution in [3.8, 4) is 0 Å². The zero-order valence-electron chi connectivity index (χ0n) is 10.0. The van der Waals surface area contributed by atoms with Crippen LogP contribution in [0.25, 0.3) is 0 Å². The van der Waals surface area contributed by atoms with E-state index in [0.717, 1.165) is 28.8 Å². The fourth-order valence-electron chi connectivity index (χ4n) is 1.76. The minimum absolute atomic E-state index is 0.651. The smallest absolute Gasteiger partial charge is 0.136 e. The van der Waals surface area contributed by atoms with Gasteiger partial charge in [-0.15, -0.1) is 0 Å². The van der Waals surface area contributed by atoms with E-state index in [9.17, 15) is 0 Å². The van der Waals surface area contributed by atoms with Crippen molar-refractivity contribution in [2.75, 3.05) is 5.73 Å². The van der Waals surface area contributed by atoms with Crippen LogP contribution in [0, 0.1) is 6.92 Å². The van der Waals surface area contributed by atoms with E-state index in [4.69, 9.17) is 5.73 Å². The summed E-state index contributed by atoms with van der Waals surface area (Å²) in [6.45, 7) is 5.64. The van der Waals surface area contributed by atoms with E-state index < -0.39 is 0 Å². The average Bonchev–Trinajstić information content (AvgIpc) is 2.82. The normalized spacial score (nSPS) is 11.0. The Morgan fingerprint density at radius 2 is 2.18 bits per heavy atom. The minimum Gasteiger partial charge on any atom is -0.383 e. The van der Waals surface area contributed by atoms with E-state index >= 15 is 0 Å². The molecule has 2 aromatic rings. The molecule has 2 rings (SSSR count). The van der Waals surface area contributed by atoms with E-state index in [1.807, 2.05) is 23.9 Å². The SMILES string of the molecule is CCCn1nccc1Cn1nc(C)c(Br)c1N. The molecule has 0 saturated carbocycles. The zero-order valence-corrected chi connectivity index (χ0v) is 11.6. The first kappa shape index (κ1) is 12.2. The van der Waals surface area contributed by atoms with Crippen molar-refractivity contribution in [1.29, 1.82) is 0 Å². The Hall–Kier alpha value is -1.30. The minimum atomic E-state index is 0.651. The van der Waals surface area contributed by atoms with Crippen LogP contribution in [0.15, 0.2) is 16.7 Å². The van der Waals surface area contributed by atoms with Gasteiger partial charge in [0.1, 0.15) is 5.82 Å². The Morgan fingerprint density at radius 3 is 2.76 bits per heavy atom. The molecule has 0 saturated heterocycles. The molecule has 0 aliphatic heterocycles. The van der Waals surface area contributed by atoms with Crippen molar-refractivity contribution >= 4 is 21.7 Å². The van der Waals surface area contributed by atoms with Gasteiger partial charge in [0, 0.05) is 12.7 Å². The van der Waals surface area contributed by atoms with Crippen molar-refractivity contribution in [3.63, 3.8) is 0 Å². The Balaban J connectivity index is 2.25. The van der Waals surface area contributed by atoms with Gasteiger partial charge >= 0.3 is 0 Å². The highest BCUT2D eigenvalue weighted by atomic mass is 79.9. The predicted molar refractivity (Wildman–Crippen MR) is 70.7 cm³/mol. The largest absolute Gasteiger partial charge is 0.383 e. The van der Waals surface area contributed by atoms with Gasteiger partial charge in [-0.05, 0) is 35.3 Å². The number of anilines is 1. The topological polar surface area (TPSA) is 61.7 Å². The van der Waals surface area contributed by atoms with Crippen molar-refractivity contribution in [1.82, 2.24) is 19.6 Å². The summed E-state index contributed by atoms with van der Waals surface area (Å²) in [4.78, 5) is 0. The van der Waals surface area contributed by atoms with Gasteiger partial charge in [-0.25, -0.2) is 4.68 Å². The first-order valence-corrected chi connectivity index (χ1v) is 6.41. The van der Waals surface area contributed by atoms with Crippen LogP contribution >= 0.6 is 15.9 Å². The lowest BCUT2D eigenvalue weighted by Crippen LogP contribution is -2.11. The van der Waals surface area contributed by atoms with Crippen LogP contribution < -0.4 is 5.73 Å². The van der Waals surface area contributed by atoms with Crippen LogP contribution in [0.1, 0.15) is 24.7 Å². The fourth-order valence-corrected chi connectivity index (χ4v) is 2.04. The summed E-state index contributed by atoms with van der Waals surface area (Å²) >= 11 is 3.42. The van der Waals surface area contributed by atoms with Crippen LogP contribution in [0.2, 0.25) is 0 Å². The Labute approximate surface area is 109 Å². The molecule has 0 aromatic carbocycles. The van der Waals surface area contributed by atoms with Crippen LogP contribution in [0.3, 0.4) is 0 Å². The first-order valence-electron chi connectivity index (χ1n) is 5.62. The second-order valence-corrected chi connectivity index (χ2v) is 4.78. The Morgan fingerprint density at radius 1 is 1.41 bits per heavy atom. The number of nitrogens with two attached hydrogens (primary N) is 1. The van der Waals surface area contributed by atoms with Gasteiger partial charge in [0.2, 0.25) is 0 Å². The summed E-state index contributed by atoms with van der Waals surface area (Å²) in [5, 5.41) is 8.67. The molecule has 0 atom stereocenters. The number of aromatic nitrogens is 4. The third-order valence-electron chi connectivity index (χ3n) is 2.64. The van der Waals surface area contributed by atoms with Crippen molar-refractivity contribution < 1.29 is 0 Å². The zero-order chi connectivity index (χ0) is 12.4. The maximum absolute atomic E-state index is 5.97. The molecule has 0 aliphatic carbocycles. The summed E-state index contributed by atoms with van der Waals surface area (Å²) in [6, 6.07) is 2.00. The molecule has 0 radical (unpaired) electrons. The molecule has 0 spiro atoms. The maximum Gasteiger partial charge on any atom is 0.136 e. The van der Waals surface area contributed by atoms with Gasteiger partial charge in [0.15, 0.2) is 0 Å². The highest BCUT2D eigenvalue weighted by molar-refractivity contribution is 9.10. The predicted octanol–water partition coefficient (Wildman–Crippen LogP) is 2.19. The molecule has 0 amide bonds. The third kappa shape index (κ3) is 2.36. The summed E-state index contributed by atoms with van der Waals surface area (Å²) in [7, 11) is 0. The maximum atomic E-state index is 5.97. The molecule has 17 heavy (non-hydrogen) atoms. The molecule has 2 heterocycles. The molecule has 2 aromatic heterocycles. The number of aryl methyl sites for hydroxylation is 2. The molecule has 2 N–H and O–H groups in total. The highest BCUT2D eigenvalue weighted by Crippen LogP contribution is 2.23. The van der Waals surface area contributed by atoms with Gasteiger partial charge in [0.25, 0.3) is 0 Å². The Bertz CT molecular complexity index is 514. The molecular formula is C11H16BrN5. The molecule has 0 unspecified atom stereocenters. The van der Waals surface area contributed by atoms with E-state index in [2.05, 4.69) is 33.1 Å². The van der Waals surface area contributed by atoms with Gasteiger partial charge in [0.05, 0.1) is 22.4 Å². The number of nitrogens with zero attached hydrogens (tertiary/aromatic N) is 4. The molecule has 6 heteroatoms. The molecule has 92 valence electrons. The van der Waals surface area contributed by atoms with Gasteiger partial charge in [-0.1, -0.05) is 6.92 Å². The quantitative estimate of drug-likeness (QED) is 0.941. The second kappa shape index (κ2) is 4.91. The van der Waals surface area contributed by atoms with Crippen LogP contribution in [-0.2, 0) is 13.1 Å². The molecule has 0 bridgehead atoms. The summed E-state index contributed by atoms with van der Waals surface area (Å²) in [5.74, 6) is 0.659. The summed E-state index contributed by atoms with van der Waals surface area (Å²) in [5.41, 5.74) is 7.99. The number of halogens is 1. The fraction of sp³-hybridized carbons (Fsp3) is 0.455. The highest BCUT2D eigenvalue weighted by Gasteiger charge is 2.11. The number of hydrogen-bond donors (Lipinski definition) is 1. The van der Waals surface area contributed by atoms with Gasteiger partial charge < -0.3 is 5.73 Å². The first-order chi connectivity index (χ1) is 8.13. The van der Waals surface area contributed by atoms with Crippen molar-refractivity contribution in [2.24, 2.45) is 0 Å². The molecule has 0 fully saturated rings. The average molecular weight is 298 g/mol. The summed E-state index contributed by atoms with van der Waals surface area (Å²) in [6.07, 6.45) is 2.87. The van der Waals surface area contributed by atoms with Crippen molar-refractivity contribution in [2.45, 2.75) is 33.4 Å². The van der Waals surface area contributed by atoms with E-state index in [1.165, 1.54) is 0 Å². The number of hydrogen-bond acceptors (Lipinski definition) is 3. The molecular weight excluding hydrogens is 282 g/mol. The van der Waals surface area contributed by atoms with Gasteiger partial charge in [-0.3, -0.25) is 4.68 Å². The van der Waals surface area contributed by atoms with Crippen LogP contribution in [0.4, 0.5) is 5.82 Å². The molecule has 0 aliphatic rings. The van der Waals surface area contributed by atoms with E-state index in [-0.39, 0.29) is 0 Å². The van der Waals surface area contributed by atoms with E-state index in [1.54, 1.807) is 4.68 Å². The summed E-state index contributed by atoms with van der Waals surface area (Å²) < 4.78 is 4.66. The van der Waals surface area contributed by atoms with Gasteiger partial charge in [-0.2, -0.15) is 10.2 Å². The lowest BCUT2D eigenvalue weighted by Gasteiger charge is -2.07. The Kier molecular flexibility index (Phi) is 3.51. The standard InChI is InChI=1S/C11H16BrN5/c1-3-6-16-9(4-5-14-16)7-17-11(13)10(12)8(2)15-17/h4-5H,3,6-7,13H2,1-2H3. The lowest BCUT2D eigenvalue weighted by atomic mass is 10.4. The molecule has 5 nitrogen and oxygen atoms in total. The monoisotopic (exact) mass is 297 g/mol.